The Morgan fingerprint density at radius 2 is 1.50 bits per heavy atom. The highest BCUT2D eigenvalue weighted by Gasteiger charge is 2.22. The third-order valence-electron chi connectivity index (χ3n) is 3.95. The molecule has 0 N–H and O–H groups in total. The molecule has 0 fully saturated rings. The number of nitrogens with zero attached hydrogens (tertiary/aromatic N) is 1. The molecule has 5 heteroatoms. The van der Waals surface area contributed by atoms with Gasteiger partial charge in [-0.2, -0.15) is 0 Å². The number of unbranched alkanes of at least 4 members (excludes halogenated alkanes) is 3. The van der Waals surface area contributed by atoms with E-state index in [-0.39, 0.29) is 12.4 Å². The Morgan fingerprint density at radius 1 is 0.929 bits per heavy atom. The normalized spacial score (nSPS) is 13.6. The van der Waals surface area contributed by atoms with E-state index in [9.17, 15) is 14.7 Å². The van der Waals surface area contributed by atoms with Crippen LogP contribution >= 0.6 is 0 Å². The molecule has 0 saturated carbocycles. The number of carboxylic acid groups (broad SMARTS) is 1. The Morgan fingerprint density at radius 3 is 2.04 bits per heavy atom. The van der Waals surface area contributed by atoms with Crippen LogP contribution in [0.5, 0.6) is 0 Å². The minimum absolute atomic E-state index is 0.258. The monoisotopic (exact) mass is 393 g/mol. The van der Waals surface area contributed by atoms with Crippen LogP contribution in [0.3, 0.4) is 0 Å². The van der Waals surface area contributed by atoms with Crippen molar-refractivity contribution in [1.82, 2.24) is 0 Å². The lowest BCUT2D eigenvalue weighted by Crippen LogP contribution is -2.45. The van der Waals surface area contributed by atoms with E-state index in [2.05, 4.69) is 43.4 Å². The fourth-order valence-corrected chi connectivity index (χ4v) is 2.66. The third kappa shape index (κ3) is 18.9. The average Bonchev–Trinajstić information content (AvgIpc) is 2.56. The maximum Gasteiger partial charge on any atom is 0.306 e. The first-order chi connectivity index (χ1) is 13.2. The van der Waals surface area contributed by atoms with Crippen molar-refractivity contribution >= 4 is 11.9 Å². The van der Waals surface area contributed by atoms with E-state index in [4.69, 9.17) is 4.74 Å². The lowest BCUT2D eigenvalue weighted by atomic mass is 10.1. The number of aliphatic carboxylic acids is 1. The van der Waals surface area contributed by atoms with Gasteiger partial charge in [0.2, 0.25) is 0 Å². The van der Waals surface area contributed by atoms with Gasteiger partial charge in [0, 0.05) is 18.8 Å². The van der Waals surface area contributed by atoms with Gasteiger partial charge in [-0.1, -0.05) is 49.8 Å². The van der Waals surface area contributed by atoms with E-state index in [1.165, 1.54) is 6.42 Å². The second-order valence-electron chi connectivity index (χ2n) is 8.08. The first-order valence-corrected chi connectivity index (χ1v) is 10.4. The van der Waals surface area contributed by atoms with Gasteiger partial charge in [-0.3, -0.25) is 4.79 Å². The maximum atomic E-state index is 11.9. The number of ether oxygens (including phenoxy) is 1. The molecule has 0 bridgehead atoms. The van der Waals surface area contributed by atoms with Crippen LogP contribution in [0.2, 0.25) is 0 Å². The Bertz CT molecular complexity index is 515. The quantitative estimate of drug-likeness (QED) is 0.174. The zero-order valence-electron chi connectivity index (χ0n) is 18.2. The molecule has 0 heterocycles. The van der Waals surface area contributed by atoms with Gasteiger partial charge >= 0.3 is 5.97 Å². The number of carboxylic acids is 1. The lowest BCUT2D eigenvalue weighted by Gasteiger charge is -2.29. The summed E-state index contributed by atoms with van der Waals surface area (Å²) in [5, 5.41) is 10.8. The number of allylic oxidation sites excluding steroid dienone is 6. The highest BCUT2D eigenvalue weighted by molar-refractivity contribution is 5.70. The highest BCUT2D eigenvalue weighted by atomic mass is 16.5. The Balaban J connectivity index is 3.89. The van der Waals surface area contributed by atoms with Crippen LogP contribution in [0.15, 0.2) is 36.5 Å². The summed E-state index contributed by atoms with van der Waals surface area (Å²) in [4.78, 5) is 22.8. The minimum atomic E-state index is -1.19. The number of carbonyl (C=O) groups is 2. The molecule has 0 aliphatic rings. The van der Waals surface area contributed by atoms with E-state index >= 15 is 0 Å². The Kier molecular flexibility index (Phi) is 15.0. The van der Waals surface area contributed by atoms with E-state index in [0.717, 1.165) is 38.5 Å². The van der Waals surface area contributed by atoms with Crippen molar-refractivity contribution in [2.45, 2.75) is 70.8 Å². The topological polar surface area (TPSA) is 66.4 Å². The summed E-state index contributed by atoms with van der Waals surface area (Å²) >= 11 is 0. The number of hydrogen-bond acceptors (Lipinski definition) is 4. The molecule has 5 nitrogen and oxygen atoms in total. The van der Waals surface area contributed by atoms with Gasteiger partial charge in [-0.25, -0.2) is 0 Å². The molecule has 0 radical (unpaired) electrons. The summed E-state index contributed by atoms with van der Waals surface area (Å²) in [5.41, 5.74) is 0. The number of hydrogen-bond donors (Lipinski definition) is 0. The van der Waals surface area contributed by atoms with Gasteiger partial charge in [0.1, 0.15) is 6.54 Å². The molecule has 0 rings (SSSR count). The highest BCUT2D eigenvalue weighted by Crippen LogP contribution is 2.09. The van der Waals surface area contributed by atoms with Crippen LogP contribution in [0.4, 0.5) is 0 Å². The average molecular weight is 394 g/mol. The van der Waals surface area contributed by atoms with Crippen molar-refractivity contribution in [1.29, 1.82) is 0 Å². The van der Waals surface area contributed by atoms with Gasteiger partial charge in [-0.05, 0) is 38.5 Å². The summed E-state index contributed by atoms with van der Waals surface area (Å²) in [5.74, 6) is -1.52. The van der Waals surface area contributed by atoms with Crippen molar-refractivity contribution in [3.63, 3.8) is 0 Å². The molecule has 0 saturated heterocycles. The van der Waals surface area contributed by atoms with Crippen molar-refractivity contribution in [2.75, 3.05) is 27.7 Å². The second kappa shape index (κ2) is 16.1. The van der Waals surface area contributed by atoms with Gasteiger partial charge in [0.25, 0.3) is 0 Å². The molecule has 0 aliphatic heterocycles. The first kappa shape index (κ1) is 26.1. The van der Waals surface area contributed by atoms with E-state index in [1.54, 1.807) is 0 Å². The summed E-state index contributed by atoms with van der Waals surface area (Å²) in [6.45, 7) is 2.62. The number of esters is 1. The number of carbonyl (C=O) groups excluding carboxylic acids is 2. The fraction of sp³-hybridized carbons (Fsp3) is 0.652. The lowest BCUT2D eigenvalue weighted by molar-refractivity contribution is -0.873. The van der Waals surface area contributed by atoms with Crippen molar-refractivity contribution in [3.05, 3.63) is 36.5 Å². The summed E-state index contributed by atoms with van der Waals surface area (Å²) in [6.07, 6.45) is 19.3. The van der Waals surface area contributed by atoms with E-state index < -0.39 is 12.1 Å². The van der Waals surface area contributed by atoms with Crippen LogP contribution in [-0.2, 0) is 14.3 Å². The molecule has 0 aromatic rings. The molecular formula is C23H39NO4. The van der Waals surface area contributed by atoms with Crippen LogP contribution in [0.25, 0.3) is 0 Å². The first-order valence-electron chi connectivity index (χ1n) is 10.4. The zero-order chi connectivity index (χ0) is 21.3. The predicted molar refractivity (Wildman–Crippen MR) is 112 cm³/mol. The SMILES string of the molecule is CCC/C=C/C/C=C/C/C=C/CCCCC(=O)OC(CC(=O)[O-])C[N+](C)(C)C. The molecule has 0 aliphatic carbocycles. The Labute approximate surface area is 171 Å². The van der Waals surface area contributed by atoms with Crippen molar-refractivity contribution in [2.24, 2.45) is 0 Å². The summed E-state index contributed by atoms with van der Waals surface area (Å²) in [7, 11) is 5.79. The van der Waals surface area contributed by atoms with Crippen LogP contribution < -0.4 is 5.11 Å². The maximum absolute atomic E-state index is 11.9. The third-order valence-corrected chi connectivity index (χ3v) is 3.95. The van der Waals surface area contributed by atoms with Crippen LogP contribution in [0.1, 0.15) is 64.7 Å². The molecule has 0 spiro atoms. The smallest absolute Gasteiger partial charge is 0.306 e. The number of quaternary nitrogens is 1. The molecule has 0 aromatic carbocycles. The predicted octanol–water partition coefficient (Wildman–Crippen LogP) is 3.55. The van der Waals surface area contributed by atoms with Gasteiger partial charge in [0.05, 0.1) is 21.1 Å². The van der Waals surface area contributed by atoms with E-state index in [0.29, 0.717) is 17.4 Å². The van der Waals surface area contributed by atoms with Gasteiger partial charge in [-0.15, -0.1) is 0 Å². The van der Waals surface area contributed by atoms with Crippen LogP contribution in [0, 0.1) is 0 Å². The molecular weight excluding hydrogens is 354 g/mol. The van der Waals surface area contributed by atoms with Crippen LogP contribution in [-0.4, -0.2) is 50.2 Å². The number of rotatable bonds is 16. The number of likely N-dealkylation sites (N-methyl/N-ethyl adjacent to an activating group) is 1. The standard InChI is InChI=1S/C23H39NO4/c1-5-6-7-8-9-10-11-12-13-14-15-16-17-18-23(27)28-21(19-22(25)26)20-24(2,3)4/h7-8,10-11,13-14,21H,5-6,9,12,15-20H2,1-4H3/b8-7+,11-10+,14-13+. The van der Waals surface area contributed by atoms with Crippen molar-refractivity contribution < 1.29 is 23.9 Å². The molecule has 28 heavy (non-hydrogen) atoms. The molecule has 1 unspecified atom stereocenters. The summed E-state index contributed by atoms with van der Waals surface area (Å²) < 4.78 is 5.86. The van der Waals surface area contributed by atoms with E-state index in [1.807, 2.05) is 21.1 Å². The second-order valence-corrected chi connectivity index (χ2v) is 8.08. The largest absolute Gasteiger partial charge is 0.550 e. The minimum Gasteiger partial charge on any atom is -0.550 e. The van der Waals surface area contributed by atoms with Gasteiger partial charge < -0.3 is 19.1 Å². The molecule has 1 atom stereocenters. The van der Waals surface area contributed by atoms with Crippen molar-refractivity contribution in [3.8, 4) is 0 Å². The Hall–Kier alpha value is -1.88. The van der Waals surface area contributed by atoms with Gasteiger partial charge in [0.15, 0.2) is 6.10 Å². The zero-order valence-corrected chi connectivity index (χ0v) is 18.2. The molecule has 160 valence electrons. The fourth-order valence-electron chi connectivity index (χ4n) is 2.66. The summed E-state index contributed by atoms with van der Waals surface area (Å²) in [6, 6.07) is 0. The molecule has 0 amide bonds. The molecule has 0 aromatic heterocycles.